The molecule has 2 heterocycles. The van der Waals surface area contributed by atoms with Crippen LogP contribution in [-0.4, -0.2) is 21.5 Å². The molecule has 0 bridgehead atoms. The number of aryl methyl sites for hydroxylation is 1. The average Bonchev–Trinajstić information content (AvgIpc) is 3.06. The number of aromatic nitrogens is 2. The molecule has 3 rings (SSSR count). The normalized spacial score (nSPS) is 12.5. The van der Waals surface area contributed by atoms with Gasteiger partial charge in [-0.25, -0.2) is 0 Å². The number of carbonyl (C=O) groups excluding carboxylic acids is 1. The monoisotopic (exact) mass is 317 g/mol. The van der Waals surface area contributed by atoms with Crippen LogP contribution in [-0.2, 0) is 6.42 Å². The summed E-state index contributed by atoms with van der Waals surface area (Å²) in [6, 6.07) is 8.42. The minimum absolute atomic E-state index is 0.0667. The van der Waals surface area contributed by atoms with E-state index in [-0.39, 0.29) is 11.9 Å². The molecule has 0 aliphatic heterocycles. The number of hydrogen-bond donors (Lipinski definition) is 1. The van der Waals surface area contributed by atoms with Crippen LogP contribution in [0.4, 0.5) is 0 Å². The van der Waals surface area contributed by atoms with Crippen molar-refractivity contribution < 1.29 is 4.79 Å². The summed E-state index contributed by atoms with van der Waals surface area (Å²) in [5.74, 6) is -0.0884. The van der Waals surface area contributed by atoms with Crippen LogP contribution in [0, 0.1) is 6.92 Å². The maximum atomic E-state index is 12.2. The summed E-state index contributed by atoms with van der Waals surface area (Å²) in [5.41, 5.74) is 1.97. The zero-order valence-electron chi connectivity index (χ0n) is 11.8. The van der Waals surface area contributed by atoms with Crippen LogP contribution >= 0.6 is 22.9 Å². The molecule has 3 aromatic rings. The Labute approximate surface area is 131 Å². The van der Waals surface area contributed by atoms with E-state index in [4.69, 9.17) is 0 Å². The molecule has 0 fully saturated rings. The fraction of sp³-hybridized carbons (Fsp3) is 0.267. The van der Waals surface area contributed by atoms with E-state index in [0.29, 0.717) is 10.6 Å². The lowest BCUT2D eigenvalue weighted by Crippen LogP contribution is -2.33. The fourth-order valence-corrected chi connectivity index (χ4v) is 3.84. The van der Waals surface area contributed by atoms with Gasteiger partial charge in [-0.1, -0.05) is 22.7 Å². The van der Waals surface area contributed by atoms with E-state index in [1.807, 2.05) is 19.1 Å². The number of hydrogen-bond acceptors (Lipinski definition) is 5. The van der Waals surface area contributed by atoms with Gasteiger partial charge in [-0.15, -0.1) is 16.4 Å². The van der Waals surface area contributed by atoms with Crippen LogP contribution in [0.15, 0.2) is 29.6 Å². The van der Waals surface area contributed by atoms with E-state index in [0.717, 1.165) is 18.0 Å². The van der Waals surface area contributed by atoms with Crippen molar-refractivity contribution in [2.45, 2.75) is 26.3 Å². The van der Waals surface area contributed by atoms with Gasteiger partial charge in [-0.05, 0) is 54.2 Å². The number of benzene rings is 1. The molecule has 108 valence electrons. The van der Waals surface area contributed by atoms with Crippen molar-refractivity contribution in [2.75, 3.05) is 0 Å². The van der Waals surface area contributed by atoms with Gasteiger partial charge in [0.1, 0.15) is 4.88 Å². The third-order valence-corrected chi connectivity index (χ3v) is 5.16. The molecule has 4 nitrogen and oxygen atoms in total. The lowest BCUT2D eigenvalue weighted by atomic mass is 10.1. The van der Waals surface area contributed by atoms with Gasteiger partial charge < -0.3 is 5.32 Å². The second kappa shape index (κ2) is 5.91. The molecule has 0 aliphatic carbocycles. The number of thiophene rings is 1. The first-order valence-corrected chi connectivity index (χ1v) is 8.35. The largest absolute Gasteiger partial charge is 0.348 e. The molecular formula is C15H15N3OS2. The molecule has 0 aliphatic rings. The first-order chi connectivity index (χ1) is 10.1. The molecular weight excluding hydrogens is 302 g/mol. The highest BCUT2D eigenvalue weighted by Gasteiger charge is 2.16. The van der Waals surface area contributed by atoms with Crippen molar-refractivity contribution in [3.8, 4) is 0 Å². The summed E-state index contributed by atoms with van der Waals surface area (Å²) in [4.78, 5) is 12.7. The Morgan fingerprint density at radius 3 is 2.95 bits per heavy atom. The molecule has 1 amide bonds. The van der Waals surface area contributed by atoms with Crippen molar-refractivity contribution in [1.82, 2.24) is 14.9 Å². The number of amides is 1. The quantitative estimate of drug-likeness (QED) is 0.802. The van der Waals surface area contributed by atoms with Crippen molar-refractivity contribution in [3.63, 3.8) is 0 Å². The number of rotatable bonds is 4. The van der Waals surface area contributed by atoms with Gasteiger partial charge in [0.15, 0.2) is 0 Å². The molecule has 1 aromatic carbocycles. The van der Waals surface area contributed by atoms with Crippen LogP contribution in [0.25, 0.3) is 10.1 Å². The first kappa shape index (κ1) is 14.2. The smallest absolute Gasteiger partial charge is 0.265 e. The molecule has 0 spiro atoms. The molecule has 1 N–H and O–H groups in total. The first-order valence-electron chi connectivity index (χ1n) is 6.70. The second-order valence-corrected chi connectivity index (χ2v) is 6.69. The SMILES string of the molecule is Cc1nnsc1C(=O)N[C@H](C)Cc1csc2ccccc12. The summed E-state index contributed by atoms with van der Waals surface area (Å²) in [7, 11) is 0. The highest BCUT2D eigenvalue weighted by molar-refractivity contribution is 7.17. The third-order valence-electron chi connectivity index (χ3n) is 3.32. The molecule has 1 atom stereocenters. The highest BCUT2D eigenvalue weighted by atomic mass is 32.1. The molecule has 21 heavy (non-hydrogen) atoms. The summed E-state index contributed by atoms with van der Waals surface area (Å²) in [6.45, 7) is 3.82. The Kier molecular flexibility index (Phi) is 3.98. The Bertz CT molecular complexity index is 778. The Morgan fingerprint density at radius 1 is 1.38 bits per heavy atom. The molecule has 0 saturated heterocycles. The number of nitrogens with zero attached hydrogens (tertiary/aromatic N) is 2. The van der Waals surface area contributed by atoms with Gasteiger partial charge in [-0.2, -0.15) is 0 Å². The predicted octanol–water partition coefficient (Wildman–Crippen LogP) is 3.42. The van der Waals surface area contributed by atoms with E-state index in [2.05, 4.69) is 32.4 Å². The van der Waals surface area contributed by atoms with Gasteiger partial charge in [0.05, 0.1) is 5.69 Å². The van der Waals surface area contributed by atoms with E-state index in [9.17, 15) is 4.79 Å². The lowest BCUT2D eigenvalue weighted by molar-refractivity contribution is 0.0943. The minimum atomic E-state index is -0.0884. The van der Waals surface area contributed by atoms with Gasteiger partial charge >= 0.3 is 0 Å². The lowest BCUT2D eigenvalue weighted by Gasteiger charge is -2.12. The van der Waals surface area contributed by atoms with Crippen LogP contribution in [0.2, 0.25) is 0 Å². The highest BCUT2D eigenvalue weighted by Crippen LogP contribution is 2.26. The summed E-state index contributed by atoms with van der Waals surface area (Å²) in [5, 5.41) is 10.3. The molecule has 0 unspecified atom stereocenters. The average molecular weight is 317 g/mol. The molecule has 0 saturated carbocycles. The van der Waals surface area contributed by atoms with Gasteiger partial charge in [0.2, 0.25) is 0 Å². The summed E-state index contributed by atoms with van der Waals surface area (Å²) < 4.78 is 5.08. The van der Waals surface area contributed by atoms with Crippen LogP contribution in [0.1, 0.15) is 27.9 Å². The second-order valence-electron chi connectivity index (χ2n) is 5.02. The molecule has 0 radical (unpaired) electrons. The maximum Gasteiger partial charge on any atom is 0.265 e. The van der Waals surface area contributed by atoms with Crippen molar-refractivity contribution >= 4 is 38.9 Å². The minimum Gasteiger partial charge on any atom is -0.348 e. The van der Waals surface area contributed by atoms with Crippen molar-refractivity contribution in [1.29, 1.82) is 0 Å². The Hall–Kier alpha value is -1.79. The Balaban J connectivity index is 1.71. The maximum absolute atomic E-state index is 12.2. The van der Waals surface area contributed by atoms with Crippen LogP contribution in [0.5, 0.6) is 0 Å². The van der Waals surface area contributed by atoms with Crippen molar-refractivity contribution in [3.05, 3.63) is 45.8 Å². The molecule has 2 aromatic heterocycles. The molecule has 6 heteroatoms. The van der Waals surface area contributed by atoms with Gasteiger partial charge in [0.25, 0.3) is 5.91 Å². The zero-order valence-corrected chi connectivity index (χ0v) is 13.4. The van der Waals surface area contributed by atoms with Crippen molar-refractivity contribution in [2.24, 2.45) is 0 Å². The topological polar surface area (TPSA) is 54.9 Å². The zero-order chi connectivity index (χ0) is 14.8. The van der Waals surface area contributed by atoms with E-state index in [1.165, 1.54) is 15.6 Å². The predicted molar refractivity (Wildman–Crippen MR) is 87.1 cm³/mol. The number of carbonyl (C=O) groups is 1. The van der Waals surface area contributed by atoms with E-state index in [1.54, 1.807) is 18.3 Å². The van der Waals surface area contributed by atoms with E-state index >= 15 is 0 Å². The fourth-order valence-electron chi connectivity index (χ4n) is 2.30. The van der Waals surface area contributed by atoms with Crippen LogP contribution < -0.4 is 5.32 Å². The van der Waals surface area contributed by atoms with Crippen LogP contribution in [0.3, 0.4) is 0 Å². The Morgan fingerprint density at radius 2 is 2.19 bits per heavy atom. The third kappa shape index (κ3) is 2.96. The summed E-state index contributed by atoms with van der Waals surface area (Å²) >= 11 is 2.88. The summed E-state index contributed by atoms with van der Waals surface area (Å²) in [6.07, 6.45) is 0.820. The number of fused-ring (bicyclic) bond motifs is 1. The standard InChI is InChI=1S/C15H15N3OS2/c1-9(16-15(19)14-10(2)17-18-21-14)7-11-8-20-13-6-4-3-5-12(11)13/h3-6,8-9H,7H2,1-2H3,(H,16,19)/t9-/m1/s1. The van der Waals surface area contributed by atoms with E-state index < -0.39 is 0 Å². The van der Waals surface area contributed by atoms with Gasteiger partial charge in [-0.3, -0.25) is 4.79 Å². The number of nitrogens with one attached hydrogen (secondary N) is 1. The van der Waals surface area contributed by atoms with Gasteiger partial charge in [0, 0.05) is 10.7 Å².